The van der Waals surface area contributed by atoms with Crippen LogP contribution in [0, 0.1) is 5.82 Å². The van der Waals surface area contributed by atoms with Crippen molar-refractivity contribution >= 4 is 37.8 Å². The van der Waals surface area contributed by atoms with Crippen molar-refractivity contribution in [3.63, 3.8) is 0 Å². The first kappa shape index (κ1) is 18.5. The molecule has 0 aliphatic carbocycles. The number of halogens is 3. The van der Waals surface area contributed by atoms with Gasteiger partial charge in [-0.2, -0.15) is 0 Å². The van der Waals surface area contributed by atoms with Gasteiger partial charge in [-0.3, -0.25) is 4.79 Å². The van der Waals surface area contributed by atoms with Crippen LogP contribution in [0.1, 0.15) is 28.8 Å². The zero-order valence-electron chi connectivity index (χ0n) is 13.5. The Labute approximate surface area is 163 Å². The van der Waals surface area contributed by atoms with Gasteiger partial charge in [0.2, 0.25) is 0 Å². The largest absolute Gasteiger partial charge is 0.381 e. The highest BCUT2D eigenvalue weighted by atomic mass is 79.9. The standard InChI is InChI=1S/C19H18Br2FNO2/c20-15-4-2-14(3-5-15)19(7-9-25-10-8-19)12-23-18(24)13-1-6-16(21)17(22)11-13/h1-6,11H,7-10,12H2,(H,23,24). The van der Waals surface area contributed by atoms with Gasteiger partial charge in [0, 0.05) is 35.2 Å². The number of ether oxygens (including phenoxy) is 1. The van der Waals surface area contributed by atoms with Crippen molar-refractivity contribution in [2.24, 2.45) is 0 Å². The van der Waals surface area contributed by atoms with E-state index in [9.17, 15) is 9.18 Å². The number of nitrogens with one attached hydrogen (secondary N) is 1. The summed E-state index contributed by atoms with van der Waals surface area (Å²) in [5, 5.41) is 2.98. The van der Waals surface area contributed by atoms with Gasteiger partial charge >= 0.3 is 0 Å². The first-order valence-electron chi connectivity index (χ1n) is 8.07. The Morgan fingerprint density at radius 1 is 1.12 bits per heavy atom. The third-order valence-corrected chi connectivity index (χ3v) is 5.85. The Kier molecular flexibility index (Phi) is 5.92. The van der Waals surface area contributed by atoms with Crippen molar-refractivity contribution in [3.8, 4) is 0 Å². The molecule has 0 radical (unpaired) electrons. The fraction of sp³-hybridized carbons (Fsp3) is 0.316. The summed E-state index contributed by atoms with van der Waals surface area (Å²) in [5.41, 5.74) is 1.34. The lowest BCUT2D eigenvalue weighted by Gasteiger charge is -2.38. The zero-order chi connectivity index (χ0) is 17.9. The molecule has 6 heteroatoms. The molecule has 2 aromatic carbocycles. The normalized spacial score (nSPS) is 16.4. The van der Waals surface area contributed by atoms with E-state index in [1.54, 1.807) is 12.1 Å². The van der Waals surface area contributed by atoms with Gasteiger partial charge in [0.25, 0.3) is 5.91 Å². The third-order valence-electron chi connectivity index (χ3n) is 4.68. The molecule has 1 heterocycles. The summed E-state index contributed by atoms with van der Waals surface area (Å²) in [7, 11) is 0. The molecule has 1 aliphatic rings. The molecule has 1 N–H and O–H groups in total. The molecule has 0 atom stereocenters. The second kappa shape index (κ2) is 7.98. The molecule has 1 fully saturated rings. The maximum absolute atomic E-state index is 13.7. The molecule has 25 heavy (non-hydrogen) atoms. The van der Waals surface area contributed by atoms with Gasteiger partial charge in [0.15, 0.2) is 0 Å². The lowest BCUT2D eigenvalue weighted by molar-refractivity contribution is 0.0487. The van der Waals surface area contributed by atoms with E-state index in [4.69, 9.17) is 4.74 Å². The molecule has 132 valence electrons. The summed E-state index contributed by atoms with van der Waals surface area (Å²) < 4.78 is 20.5. The van der Waals surface area contributed by atoms with E-state index >= 15 is 0 Å². The van der Waals surface area contributed by atoms with Crippen LogP contribution in [0.5, 0.6) is 0 Å². The van der Waals surface area contributed by atoms with Gasteiger partial charge in [0.1, 0.15) is 5.82 Å². The SMILES string of the molecule is O=C(NCC1(c2ccc(Br)cc2)CCOCC1)c1ccc(Br)c(F)c1. The number of rotatable bonds is 4. The molecule has 0 unspecified atom stereocenters. The lowest BCUT2D eigenvalue weighted by Crippen LogP contribution is -2.44. The van der Waals surface area contributed by atoms with Gasteiger partial charge in [-0.1, -0.05) is 28.1 Å². The number of hydrogen-bond acceptors (Lipinski definition) is 2. The molecule has 0 spiro atoms. The van der Waals surface area contributed by atoms with Gasteiger partial charge in [0.05, 0.1) is 4.47 Å². The fourth-order valence-electron chi connectivity index (χ4n) is 3.12. The van der Waals surface area contributed by atoms with Crippen LogP contribution in [0.3, 0.4) is 0 Å². The van der Waals surface area contributed by atoms with Gasteiger partial charge in [-0.15, -0.1) is 0 Å². The smallest absolute Gasteiger partial charge is 0.251 e. The van der Waals surface area contributed by atoms with E-state index in [-0.39, 0.29) is 11.3 Å². The maximum Gasteiger partial charge on any atom is 0.251 e. The predicted octanol–water partition coefficient (Wildman–Crippen LogP) is 4.83. The number of carbonyl (C=O) groups is 1. The van der Waals surface area contributed by atoms with Crippen LogP contribution in [0.25, 0.3) is 0 Å². The summed E-state index contributed by atoms with van der Waals surface area (Å²) in [6.07, 6.45) is 1.67. The van der Waals surface area contributed by atoms with Crippen LogP contribution in [0.15, 0.2) is 51.4 Å². The zero-order valence-corrected chi connectivity index (χ0v) is 16.7. The molecule has 0 bridgehead atoms. The average Bonchev–Trinajstić information content (AvgIpc) is 2.63. The number of amides is 1. The molecule has 1 aliphatic heterocycles. The quantitative estimate of drug-likeness (QED) is 0.695. The van der Waals surface area contributed by atoms with Crippen LogP contribution >= 0.6 is 31.9 Å². The van der Waals surface area contributed by atoms with Crippen LogP contribution in [-0.2, 0) is 10.2 Å². The van der Waals surface area contributed by atoms with Gasteiger partial charge in [-0.05, 0) is 64.7 Å². The topological polar surface area (TPSA) is 38.3 Å². The first-order valence-corrected chi connectivity index (χ1v) is 9.66. The second-order valence-corrected chi connectivity index (χ2v) is 7.98. The monoisotopic (exact) mass is 469 g/mol. The number of carbonyl (C=O) groups excluding carboxylic acids is 1. The average molecular weight is 471 g/mol. The van der Waals surface area contributed by atoms with Crippen molar-refractivity contribution in [2.45, 2.75) is 18.3 Å². The van der Waals surface area contributed by atoms with Crippen LogP contribution in [0.4, 0.5) is 4.39 Å². The maximum atomic E-state index is 13.7. The van der Waals surface area contributed by atoms with Crippen molar-refractivity contribution in [3.05, 3.63) is 68.4 Å². The molecular formula is C19H18Br2FNO2. The summed E-state index contributed by atoms with van der Waals surface area (Å²) in [6.45, 7) is 1.83. The van der Waals surface area contributed by atoms with E-state index in [0.717, 1.165) is 17.3 Å². The van der Waals surface area contributed by atoms with E-state index in [0.29, 0.717) is 29.8 Å². The first-order chi connectivity index (χ1) is 12.0. The molecule has 3 rings (SSSR count). The van der Waals surface area contributed by atoms with E-state index in [2.05, 4.69) is 49.3 Å². The Morgan fingerprint density at radius 3 is 2.44 bits per heavy atom. The van der Waals surface area contributed by atoms with Crippen LogP contribution in [-0.4, -0.2) is 25.7 Å². The number of hydrogen-bond donors (Lipinski definition) is 1. The van der Waals surface area contributed by atoms with Crippen LogP contribution < -0.4 is 5.32 Å². The third kappa shape index (κ3) is 4.30. The predicted molar refractivity (Wildman–Crippen MR) is 102 cm³/mol. The van der Waals surface area contributed by atoms with Crippen molar-refractivity contribution < 1.29 is 13.9 Å². The summed E-state index contributed by atoms with van der Waals surface area (Å²) in [6, 6.07) is 12.6. The van der Waals surface area contributed by atoms with Crippen molar-refractivity contribution in [1.29, 1.82) is 0 Å². The Balaban J connectivity index is 1.77. The van der Waals surface area contributed by atoms with E-state index < -0.39 is 5.82 Å². The Hall–Kier alpha value is -1.24. The minimum Gasteiger partial charge on any atom is -0.381 e. The van der Waals surface area contributed by atoms with Gasteiger partial charge in [-0.25, -0.2) is 4.39 Å². The highest BCUT2D eigenvalue weighted by molar-refractivity contribution is 9.10. The summed E-state index contributed by atoms with van der Waals surface area (Å²) in [5.74, 6) is -0.712. The van der Waals surface area contributed by atoms with E-state index in [1.807, 2.05) is 12.1 Å². The molecule has 0 aromatic heterocycles. The molecule has 0 saturated carbocycles. The minimum atomic E-state index is -0.443. The van der Waals surface area contributed by atoms with E-state index in [1.165, 1.54) is 11.6 Å². The Morgan fingerprint density at radius 2 is 1.80 bits per heavy atom. The minimum absolute atomic E-state index is 0.164. The molecule has 2 aromatic rings. The van der Waals surface area contributed by atoms with Crippen molar-refractivity contribution in [2.75, 3.05) is 19.8 Å². The highest BCUT2D eigenvalue weighted by Gasteiger charge is 2.34. The van der Waals surface area contributed by atoms with Crippen LogP contribution in [0.2, 0.25) is 0 Å². The lowest BCUT2D eigenvalue weighted by atomic mass is 9.74. The fourth-order valence-corrected chi connectivity index (χ4v) is 3.63. The highest BCUT2D eigenvalue weighted by Crippen LogP contribution is 2.35. The molecule has 1 saturated heterocycles. The summed E-state index contributed by atoms with van der Waals surface area (Å²) in [4.78, 5) is 12.4. The second-order valence-electron chi connectivity index (χ2n) is 6.21. The Bertz CT molecular complexity index is 759. The number of benzene rings is 2. The molecule has 3 nitrogen and oxygen atoms in total. The van der Waals surface area contributed by atoms with Crippen molar-refractivity contribution in [1.82, 2.24) is 5.32 Å². The van der Waals surface area contributed by atoms with Gasteiger partial charge < -0.3 is 10.1 Å². The molecule has 1 amide bonds. The molecular weight excluding hydrogens is 453 g/mol. The summed E-state index contributed by atoms with van der Waals surface area (Å²) >= 11 is 6.56.